The molecule has 3 aromatic carbocycles. The van der Waals surface area contributed by atoms with Gasteiger partial charge in [0, 0.05) is 11.4 Å². The van der Waals surface area contributed by atoms with Gasteiger partial charge >= 0.3 is 0 Å². The van der Waals surface area contributed by atoms with Crippen molar-refractivity contribution in [1.29, 1.82) is 5.26 Å². The van der Waals surface area contributed by atoms with Gasteiger partial charge in [-0.1, -0.05) is 6.07 Å². The predicted molar refractivity (Wildman–Crippen MR) is 138 cm³/mol. The van der Waals surface area contributed by atoms with Crippen LogP contribution in [0.25, 0.3) is 6.08 Å². The zero-order chi connectivity index (χ0) is 26.6. The highest BCUT2D eigenvalue weighted by Crippen LogP contribution is 2.29. The summed E-state index contributed by atoms with van der Waals surface area (Å²) in [6.07, 6.45) is 1.43. The first kappa shape index (κ1) is 26.8. The quantitative estimate of drug-likeness (QED) is 0.275. The summed E-state index contributed by atoms with van der Waals surface area (Å²) in [7, 11) is 0. The van der Waals surface area contributed by atoms with E-state index in [1.54, 1.807) is 49.4 Å². The smallest absolute Gasteiger partial charge is 0.266 e. The Hall–Kier alpha value is -4.84. The van der Waals surface area contributed by atoms with E-state index < -0.39 is 17.6 Å². The number of nitrogens with zero attached hydrogens (tertiary/aromatic N) is 1. The Morgan fingerprint density at radius 2 is 1.51 bits per heavy atom. The van der Waals surface area contributed by atoms with Crippen molar-refractivity contribution in [3.63, 3.8) is 0 Å². The van der Waals surface area contributed by atoms with Gasteiger partial charge in [0.1, 0.15) is 23.2 Å². The molecule has 0 aliphatic heterocycles. The summed E-state index contributed by atoms with van der Waals surface area (Å²) < 4.78 is 29.6. The number of hydrogen-bond donors (Lipinski definition) is 2. The molecule has 2 amide bonds. The first-order valence-electron chi connectivity index (χ1n) is 11.5. The number of benzene rings is 3. The molecule has 190 valence electrons. The van der Waals surface area contributed by atoms with Crippen molar-refractivity contribution in [3.8, 4) is 23.3 Å². The van der Waals surface area contributed by atoms with Crippen LogP contribution in [0.4, 0.5) is 15.8 Å². The van der Waals surface area contributed by atoms with E-state index in [0.29, 0.717) is 47.4 Å². The molecule has 0 fully saturated rings. The minimum atomic E-state index is -0.567. The zero-order valence-electron chi connectivity index (χ0n) is 20.4. The molecule has 37 heavy (non-hydrogen) atoms. The maximum Gasteiger partial charge on any atom is 0.266 e. The highest BCUT2D eigenvalue weighted by Gasteiger charge is 2.13. The fourth-order valence-corrected chi connectivity index (χ4v) is 3.19. The molecule has 3 rings (SSSR count). The van der Waals surface area contributed by atoms with Crippen LogP contribution in [0.1, 0.15) is 19.4 Å². The largest absolute Gasteiger partial charge is 0.494 e. The van der Waals surface area contributed by atoms with E-state index in [2.05, 4.69) is 10.6 Å². The van der Waals surface area contributed by atoms with Crippen LogP contribution in [-0.2, 0) is 9.59 Å². The van der Waals surface area contributed by atoms with E-state index in [1.807, 2.05) is 13.0 Å². The molecule has 0 heterocycles. The molecule has 0 aliphatic carbocycles. The second kappa shape index (κ2) is 13.3. The SMILES string of the molecule is CCOc1ccc(NC(=O)/C(C#N)=C/c2ccc(OCC(=O)Nc3ccc(F)cc3)c(OCC)c2)cc1. The summed E-state index contributed by atoms with van der Waals surface area (Å²) in [6.45, 7) is 4.22. The van der Waals surface area contributed by atoms with Crippen LogP contribution in [0, 0.1) is 17.1 Å². The third kappa shape index (κ3) is 8.11. The van der Waals surface area contributed by atoms with Crippen molar-refractivity contribution in [2.75, 3.05) is 30.5 Å². The molecule has 0 atom stereocenters. The number of rotatable bonds is 11. The average Bonchev–Trinajstić information content (AvgIpc) is 2.89. The molecule has 2 N–H and O–H groups in total. The number of amides is 2. The molecule has 0 aliphatic rings. The highest BCUT2D eigenvalue weighted by molar-refractivity contribution is 6.09. The molecule has 8 nitrogen and oxygen atoms in total. The molecule has 0 spiro atoms. The van der Waals surface area contributed by atoms with Gasteiger partial charge in [-0.05, 0) is 86.2 Å². The molecular weight excluding hydrogens is 477 g/mol. The lowest BCUT2D eigenvalue weighted by atomic mass is 10.1. The molecule has 0 radical (unpaired) electrons. The van der Waals surface area contributed by atoms with Crippen LogP contribution in [0.3, 0.4) is 0 Å². The molecular formula is C28H26FN3O5. The van der Waals surface area contributed by atoms with E-state index >= 15 is 0 Å². The molecule has 0 unspecified atom stereocenters. The van der Waals surface area contributed by atoms with Crippen LogP contribution >= 0.6 is 0 Å². The van der Waals surface area contributed by atoms with E-state index in [-0.39, 0.29) is 12.2 Å². The summed E-state index contributed by atoms with van der Waals surface area (Å²) >= 11 is 0. The van der Waals surface area contributed by atoms with E-state index in [0.717, 1.165) is 0 Å². The maximum absolute atomic E-state index is 13.0. The second-order valence-corrected chi connectivity index (χ2v) is 7.56. The van der Waals surface area contributed by atoms with Gasteiger partial charge in [0.2, 0.25) is 0 Å². The number of halogens is 1. The number of nitriles is 1. The normalized spacial score (nSPS) is 10.7. The summed E-state index contributed by atoms with van der Waals surface area (Å²) in [5.41, 5.74) is 1.38. The summed E-state index contributed by atoms with van der Waals surface area (Å²) in [5.74, 6) is -0.0768. The summed E-state index contributed by atoms with van der Waals surface area (Å²) in [5, 5.41) is 14.8. The van der Waals surface area contributed by atoms with Crippen LogP contribution in [0.5, 0.6) is 17.2 Å². The maximum atomic E-state index is 13.0. The molecule has 0 bridgehead atoms. The fraction of sp³-hybridized carbons (Fsp3) is 0.179. The van der Waals surface area contributed by atoms with Crippen molar-refractivity contribution in [3.05, 3.63) is 83.7 Å². The number of hydrogen-bond acceptors (Lipinski definition) is 6. The minimum Gasteiger partial charge on any atom is -0.494 e. The van der Waals surface area contributed by atoms with Crippen molar-refractivity contribution < 1.29 is 28.2 Å². The molecule has 0 saturated heterocycles. The molecule has 3 aromatic rings. The van der Waals surface area contributed by atoms with Crippen molar-refractivity contribution in [2.45, 2.75) is 13.8 Å². The fourth-order valence-electron chi connectivity index (χ4n) is 3.19. The average molecular weight is 504 g/mol. The Bertz CT molecular complexity index is 1300. The zero-order valence-corrected chi connectivity index (χ0v) is 20.4. The van der Waals surface area contributed by atoms with Gasteiger partial charge in [-0.3, -0.25) is 9.59 Å². The van der Waals surface area contributed by atoms with Crippen molar-refractivity contribution >= 4 is 29.3 Å². The number of anilines is 2. The van der Waals surface area contributed by atoms with E-state index in [4.69, 9.17) is 14.2 Å². The monoisotopic (exact) mass is 503 g/mol. The van der Waals surface area contributed by atoms with Gasteiger partial charge in [0.15, 0.2) is 18.1 Å². The van der Waals surface area contributed by atoms with Crippen LogP contribution in [-0.4, -0.2) is 31.6 Å². The Balaban J connectivity index is 1.68. The van der Waals surface area contributed by atoms with Gasteiger partial charge in [-0.15, -0.1) is 0 Å². The summed E-state index contributed by atoms with van der Waals surface area (Å²) in [6, 6.07) is 18.9. The topological polar surface area (TPSA) is 110 Å². The van der Waals surface area contributed by atoms with Gasteiger partial charge in [0.25, 0.3) is 11.8 Å². The predicted octanol–water partition coefficient (Wildman–Crippen LogP) is 5.19. The molecule has 0 saturated carbocycles. The number of ether oxygens (including phenoxy) is 3. The number of carbonyl (C=O) groups excluding carboxylic acids is 2. The van der Waals surface area contributed by atoms with Crippen molar-refractivity contribution in [2.24, 2.45) is 0 Å². The first-order valence-corrected chi connectivity index (χ1v) is 11.5. The lowest BCUT2D eigenvalue weighted by Crippen LogP contribution is -2.20. The van der Waals surface area contributed by atoms with Gasteiger partial charge in [0.05, 0.1) is 13.2 Å². The molecule has 9 heteroatoms. The second-order valence-electron chi connectivity index (χ2n) is 7.56. The summed E-state index contributed by atoms with van der Waals surface area (Å²) in [4.78, 5) is 24.8. The van der Waals surface area contributed by atoms with Gasteiger partial charge in [-0.25, -0.2) is 4.39 Å². The van der Waals surface area contributed by atoms with Gasteiger partial charge in [-0.2, -0.15) is 5.26 Å². The Morgan fingerprint density at radius 3 is 2.16 bits per heavy atom. The number of carbonyl (C=O) groups is 2. The van der Waals surface area contributed by atoms with Crippen LogP contribution < -0.4 is 24.8 Å². The minimum absolute atomic E-state index is 0.108. The van der Waals surface area contributed by atoms with E-state index in [1.165, 1.54) is 30.3 Å². The van der Waals surface area contributed by atoms with E-state index in [9.17, 15) is 19.2 Å². The van der Waals surface area contributed by atoms with Crippen LogP contribution in [0.15, 0.2) is 72.3 Å². The lowest BCUT2D eigenvalue weighted by molar-refractivity contribution is -0.118. The Labute approximate surface area is 214 Å². The standard InChI is InChI=1S/C28H26FN3O5/c1-3-35-24-12-10-23(11-13-24)32-28(34)20(17-30)15-19-5-14-25(26(16-19)36-4-2)37-18-27(33)31-22-8-6-21(29)7-9-22/h5-16H,3-4,18H2,1-2H3,(H,31,33)(H,32,34)/b20-15+. The van der Waals surface area contributed by atoms with Crippen LogP contribution in [0.2, 0.25) is 0 Å². The third-order valence-corrected chi connectivity index (χ3v) is 4.85. The molecule has 0 aromatic heterocycles. The number of nitrogens with one attached hydrogen (secondary N) is 2. The van der Waals surface area contributed by atoms with Crippen molar-refractivity contribution in [1.82, 2.24) is 0 Å². The Kier molecular flexibility index (Phi) is 9.62. The third-order valence-electron chi connectivity index (χ3n) is 4.85. The van der Waals surface area contributed by atoms with Gasteiger partial charge < -0.3 is 24.8 Å². The lowest BCUT2D eigenvalue weighted by Gasteiger charge is -2.13. The Morgan fingerprint density at radius 1 is 0.865 bits per heavy atom. The highest BCUT2D eigenvalue weighted by atomic mass is 19.1. The first-order chi connectivity index (χ1) is 17.9.